The fourth-order valence-electron chi connectivity index (χ4n) is 2.04. The third-order valence-corrected chi connectivity index (χ3v) is 4.26. The molecule has 0 amide bonds. The standard InChI is InChI=1S/C14H22N6S/c1-4-13-19-17-10-20(13)8-7-16-14(15-3)18-11(2)12-6-5-9-21-12/h5-6,9-11H,4,7-8H2,1-3H3,(H2,15,16,18). The van der Waals surface area contributed by atoms with Gasteiger partial charge in [-0.05, 0) is 18.4 Å². The first-order valence-corrected chi connectivity index (χ1v) is 7.99. The Labute approximate surface area is 129 Å². The fraction of sp³-hybridized carbons (Fsp3) is 0.500. The van der Waals surface area contributed by atoms with E-state index in [-0.39, 0.29) is 6.04 Å². The van der Waals surface area contributed by atoms with Crippen LogP contribution in [0.2, 0.25) is 0 Å². The van der Waals surface area contributed by atoms with Crippen LogP contribution in [0.5, 0.6) is 0 Å². The van der Waals surface area contributed by atoms with E-state index in [1.807, 2.05) is 0 Å². The number of rotatable bonds is 6. The van der Waals surface area contributed by atoms with Crippen LogP contribution in [0, 0.1) is 0 Å². The lowest BCUT2D eigenvalue weighted by Crippen LogP contribution is -2.39. The molecule has 0 radical (unpaired) electrons. The van der Waals surface area contributed by atoms with Crippen molar-refractivity contribution >= 4 is 17.3 Å². The van der Waals surface area contributed by atoms with E-state index in [0.717, 1.165) is 31.3 Å². The van der Waals surface area contributed by atoms with Crippen molar-refractivity contribution in [1.29, 1.82) is 0 Å². The Hall–Kier alpha value is -1.89. The summed E-state index contributed by atoms with van der Waals surface area (Å²) in [6.45, 7) is 5.82. The Balaban J connectivity index is 1.80. The lowest BCUT2D eigenvalue weighted by molar-refractivity contribution is 0.622. The summed E-state index contributed by atoms with van der Waals surface area (Å²) in [7, 11) is 1.78. The maximum Gasteiger partial charge on any atom is 0.191 e. The third-order valence-electron chi connectivity index (χ3n) is 3.20. The van der Waals surface area contributed by atoms with E-state index in [2.05, 4.69) is 61.8 Å². The first kappa shape index (κ1) is 15.5. The molecule has 1 unspecified atom stereocenters. The van der Waals surface area contributed by atoms with Crippen molar-refractivity contribution in [1.82, 2.24) is 25.4 Å². The molecular weight excluding hydrogens is 284 g/mol. The molecule has 2 rings (SSSR count). The molecule has 0 bridgehead atoms. The van der Waals surface area contributed by atoms with Crippen molar-refractivity contribution in [3.8, 4) is 0 Å². The number of hydrogen-bond acceptors (Lipinski definition) is 4. The summed E-state index contributed by atoms with van der Waals surface area (Å²) < 4.78 is 2.06. The quantitative estimate of drug-likeness (QED) is 0.631. The van der Waals surface area contributed by atoms with Gasteiger partial charge in [0.15, 0.2) is 5.96 Å². The normalized spacial score (nSPS) is 13.2. The van der Waals surface area contributed by atoms with Crippen molar-refractivity contribution in [2.45, 2.75) is 32.9 Å². The van der Waals surface area contributed by atoms with Crippen molar-refractivity contribution in [2.24, 2.45) is 4.99 Å². The molecule has 2 aromatic heterocycles. The average molecular weight is 306 g/mol. The van der Waals surface area contributed by atoms with E-state index in [1.54, 1.807) is 24.7 Å². The molecule has 0 spiro atoms. The van der Waals surface area contributed by atoms with Crippen LogP contribution in [0.1, 0.15) is 30.6 Å². The number of nitrogens with zero attached hydrogens (tertiary/aromatic N) is 4. The van der Waals surface area contributed by atoms with Gasteiger partial charge in [-0.25, -0.2) is 0 Å². The fourth-order valence-corrected chi connectivity index (χ4v) is 2.78. The number of aromatic nitrogens is 3. The molecule has 1 atom stereocenters. The zero-order chi connectivity index (χ0) is 15.1. The molecule has 0 aliphatic heterocycles. The summed E-state index contributed by atoms with van der Waals surface area (Å²) in [6.07, 6.45) is 2.66. The van der Waals surface area contributed by atoms with Gasteiger partial charge in [0.1, 0.15) is 12.2 Å². The van der Waals surface area contributed by atoms with Gasteiger partial charge in [0.05, 0.1) is 6.04 Å². The van der Waals surface area contributed by atoms with E-state index in [9.17, 15) is 0 Å². The molecule has 2 N–H and O–H groups in total. The lowest BCUT2D eigenvalue weighted by Gasteiger charge is -2.17. The maximum absolute atomic E-state index is 4.26. The average Bonchev–Trinajstić information content (AvgIpc) is 3.17. The molecule has 2 heterocycles. The number of hydrogen-bond donors (Lipinski definition) is 2. The lowest BCUT2D eigenvalue weighted by atomic mass is 10.3. The van der Waals surface area contributed by atoms with E-state index < -0.39 is 0 Å². The monoisotopic (exact) mass is 306 g/mol. The summed E-state index contributed by atoms with van der Waals surface area (Å²) in [6, 6.07) is 4.44. The van der Waals surface area contributed by atoms with E-state index in [1.165, 1.54) is 4.88 Å². The van der Waals surface area contributed by atoms with Crippen LogP contribution in [0.4, 0.5) is 0 Å². The zero-order valence-electron chi connectivity index (χ0n) is 12.7. The number of thiophene rings is 1. The predicted molar refractivity (Wildman–Crippen MR) is 86.6 cm³/mol. The molecule has 6 nitrogen and oxygen atoms in total. The molecule has 21 heavy (non-hydrogen) atoms. The topological polar surface area (TPSA) is 67.1 Å². The molecule has 0 fully saturated rings. The molecule has 0 saturated carbocycles. The number of aliphatic imine (C=N–C) groups is 1. The third kappa shape index (κ3) is 4.29. The number of aryl methyl sites for hydroxylation is 1. The van der Waals surface area contributed by atoms with Gasteiger partial charge in [0, 0.05) is 31.4 Å². The van der Waals surface area contributed by atoms with Crippen LogP contribution in [-0.2, 0) is 13.0 Å². The maximum atomic E-state index is 4.26. The summed E-state index contributed by atoms with van der Waals surface area (Å²) in [4.78, 5) is 5.55. The molecule has 2 aromatic rings. The summed E-state index contributed by atoms with van der Waals surface area (Å²) in [5, 5.41) is 16.8. The van der Waals surface area contributed by atoms with Crippen LogP contribution in [0.15, 0.2) is 28.8 Å². The van der Waals surface area contributed by atoms with Gasteiger partial charge in [-0.2, -0.15) is 0 Å². The van der Waals surface area contributed by atoms with Gasteiger partial charge in [0.25, 0.3) is 0 Å². The van der Waals surface area contributed by atoms with Gasteiger partial charge >= 0.3 is 0 Å². The highest BCUT2D eigenvalue weighted by molar-refractivity contribution is 7.10. The Bertz CT molecular complexity index is 560. The molecule has 0 aliphatic rings. The van der Waals surface area contributed by atoms with E-state index in [0.29, 0.717) is 0 Å². The molecule has 114 valence electrons. The van der Waals surface area contributed by atoms with Crippen molar-refractivity contribution in [3.05, 3.63) is 34.5 Å². The van der Waals surface area contributed by atoms with Crippen LogP contribution in [-0.4, -0.2) is 34.3 Å². The van der Waals surface area contributed by atoms with Crippen LogP contribution >= 0.6 is 11.3 Å². The summed E-state index contributed by atoms with van der Waals surface area (Å²) in [5.74, 6) is 1.81. The van der Waals surface area contributed by atoms with Gasteiger partial charge < -0.3 is 15.2 Å². The molecular formula is C14H22N6S. The van der Waals surface area contributed by atoms with Crippen molar-refractivity contribution in [3.63, 3.8) is 0 Å². The Morgan fingerprint density at radius 3 is 3.05 bits per heavy atom. The van der Waals surface area contributed by atoms with Crippen LogP contribution < -0.4 is 10.6 Å². The van der Waals surface area contributed by atoms with Crippen molar-refractivity contribution < 1.29 is 0 Å². The van der Waals surface area contributed by atoms with Gasteiger partial charge in [-0.1, -0.05) is 13.0 Å². The minimum Gasteiger partial charge on any atom is -0.355 e. The Morgan fingerprint density at radius 1 is 1.52 bits per heavy atom. The minimum atomic E-state index is 0.248. The SMILES string of the molecule is CCc1nncn1CCNC(=NC)NC(C)c1cccs1. The second-order valence-electron chi connectivity index (χ2n) is 4.67. The molecule has 0 aliphatic carbocycles. The second kappa shape index (κ2) is 7.78. The Morgan fingerprint density at radius 2 is 2.38 bits per heavy atom. The molecule has 7 heteroatoms. The second-order valence-corrected chi connectivity index (χ2v) is 5.65. The number of nitrogens with one attached hydrogen (secondary N) is 2. The zero-order valence-corrected chi connectivity index (χ0v) is 13.5. The summed E-state index contributed by atoms with van der Waals surface area (Å²) >= 11 is 1.74. The molecule has 0 saturated heterocycles. The van der Waals surface area contributed by atoms with Crippen LogP contribution in [0.25, 0.3) is 0 Å². The summed E-state index contributed by atoms with van der Waals surface area (Å²) in [5.41, 5.74) is 0. The molecule has 0 aromatic carbocycles. The highest BCUT2D eigenvalue weighted by atomic mass is 32.1. The first-order chi connectivity index (χ1) is 10.2. The highest BCUT2D eigenvalue weighted by Crippen LogP contribution is 2.17. The first-order valence-electron chi connectivity index (χ1n) is 7.11. The largest absolute Gasteiger partial charge is 0.355 e. The number of guanidine groups is 1. The van der Waals surface area contributed by atoms with Gasteiger partial charge in [-0.3, -0.25) is 4.99 Å². The van der Waals surface area contributed by atoms with Crippen LogP contribution in [0.3, 0.4) is 0 Å². The van der Waals surface area contributed by atoms with Gasteiger partial charge in [-0.15, -0.1) is 21.5 Å². The van der Waals surface area contributed by atoms with Crippen molar-refractivity contribution in [2.75, 3.05) is 13.6 Å². The predicted octanol–water partition coefficient (Wildman–Crippen LogP) is 1.83. The van der Waals surface area contributed by atoms with Gasteiger partial charge in [0.2, 0.25) is 0 Å². The Kier molecular flexibility index (Phi) is 5.74. The smallest absolute Gasteiger partial charge is 0.191 e. The van der Waals surface area contributed by atoms with E-state index in [4.69, 9.17) is 0 Å². The minimum absolute atomic E-state index is 0.248. The van der Waals surface area contributed by atoms with E-state index >= 15 is 0 Å². The highest BCUT2D eigenvalue weighted by Gasteiger charge is 2.08.